The first kappa shape index (κ1) is 16.8. The monoisotopic (exact) mass is 341 g/mol. The number of amides is 1. The van der Waals surface area contributed by atoms with Gasteiger partial charge in [0.1, 0.15) is 23.5 Å². The van der Waals surface area contributed by atoms with Crippen molar-refractivity contribution in [2.75, 3.05) is 0 Å². The number of imidazole rings is 1. The van der Waals surface area contributed by atoms with Gasteiger partial charge in [-0.25, -0.2) is 13.8 Å². The van der Waals surface area contributed by atoms with Gasteiger partial charge in [-0.1, -0.05) is 36.4 Å². The molecule has 1 aromatic heterocycles. The molecule has 0 unspecified atom stereocenters. The molecule has 0 bridgehead atoms. The molecule has 0 saturated carbocycles. The van der Waals surface area contributed by atoms with Gasteiger partial charge in [-0.15, -0.1) is 0 Å². The van der Waals surface area contributed by atoms with Crippen molar-refractivity contribution in [3.05, 3.63) is 89.5 Å². The van der Waals surface area contributed by atoms with Gasteiger partial charge in [0.05, 0.1) is 6.42 Å². The molecule has 25 heavy (non-hydrogen) atoms. The zero-order chi connectivity index (χ0) is 17.8. The van der Waals surface area contributed by atoms with E-state index in [0.717, 1.165) is 0 Å². The molecule has 1 heterocycles. The summed E-state index contributed by atoms with van der Waals surface area (Å²) in [7, 11) is 1.76. The summed E-state index contributed by atoms with van der Waals surface area (Å²) in [4.78, 5) is 16.6. The molecule has 3 aromatic rings. The van der Waals surface area contributed by atoms with E-state index in [0.29, 0.717) is 11.4 Å². The van der Waals surface area contributed by atoms with Gasteiger partial charge in [0.25, 0.3) is 0 Å². The Bertz CT molecular complexity index is 892. The number of hydrogen-bond donors (Lipinski definition) is 1. The minimum atomic E-state index is -0.763. The highest BCUT2D eigenvalue weighted by molar-refractivity contribution is 5.79. The third-order valence-electron chi connectivity index (χ3n) is 3.95. The van der Waals surface area contributed by atoms with E-state index in [2.05, 4.69) is 10.3 Å². The van der Waals surface area contributed by atoms with E-state index in [9.17, 15) is 13.6 Å². The summed E-state index contributed by atoms with van der Waals surface area (Å²) in [6.45, 7) is 0. The van der Waals surface area contributed by atoms with Crippen molar-refractivity contribution in [1.29, 1.82) is 0 Å². The third-order valence-corrected chi connectivity index (χ3v) is 3.95. The van der Waals surface area contributed by atoms with Crippen LogP contribution in [0.25, 0.3) is 0 Å². The lowest BCUT2D eigenvalue weighted by Crippen LogP contribution is -2.33. The molecule has 0 spiro atoms. The van der Waals surface area contributed by atoms with Crippen LogP contribution >= 0.6 is 0 Å². The number of nitrogens with zero attached hydrogens (tertiary/aromatic N) is 2. The summed E-state index contributed by atoms with van der Waals surface area (Å²) in [5, 5.41) is 2.76. The highest BCUT2D eigenvalue weighted by Gasteiger charge is 2.23. The SMILES string of the molecule is Cn1ccnc1[C@H](NC(=O)Cc1ccccc1F)c1ccccc1F. The standard InChI is InChI=1S/C19H17F2N3O/c1-24-11-10-22-19(24)18(14-7-3-5-9-16(14)21)23-17(25)12-13-6-2-4-8-15(13)20/h2-11,18H,12H2,1H3,(H,23,25)/t18-/m1/s1. The smallest absolute Gasteiger partial charge is 0.225 e. The van der Waals surface area contributed by atoms with Gasteiger partial charge in [0, 0.05) is 25.0 Å². The minimum absolute atomic E-state index is 0.137. The molecular formula is C19H17F2N3O. The number of benzene rings is 2. The minimum Gasteiger partial charge on any atom is -0.342 e. The maximum absolute atomic E-state index is 14.3. The van der Waals surface area contributed by atoms with E-state index in [-0.39, 0.29) is 12.0 Å². The molecule has 0 aliphatic rings. The quantitative estimate of drug-likeness (QED) is 0.775. The predicted octanol–water partition coefficient (Wildman–Crippen LogP) is 3.15. The summed E-state index contributed by atoms with van der Waals surface area (Å²) in [5.41, 5.74) is 0.589. The molecule has 0 aliphatic heterocycles. The number of nitrogens with one attached hydrogen (secondary N) is 1. The molecule has 2 aromatic carbocycles. The Hall–Kier alpha value is -3.02. The second-order valence-electron chi connectivity index (χ2n) is 5.69. The fraction of sp³-hybridized carbons (Fsp3) is 0.158. The summed E-state index contributed by atoms with van der Waals surface area (Å²) in [6.07, 6.45) is 3.15. The molecule has 1 amide bonds. The molecule has 1 N–H and O–H groups in total. The lowest BCUT2D eigenvalue weighted by atomic mass is 10.0. The van der Waals surface area contributed by atoms with E-state index in [4.69, 9.17) is 0 Å². The second kappa shape index (κ2) is 7.25. The van der Waals surface area contributed by atoms with Gasteiger partial charge in [-0.2, -0.15) is 0 Å². The van der Waals surface area contributed by atoms with Crippen molar-refractivity contribution in [1.82, 2.24) is 14.9 Å². The van der Waals surface area contributed by atoms with Crippen LogP contribution in [0.2, 0.25) is 0 Å². The molecule has 6 heteroatoms. The van der Waals surface area contributed by atoms with Crippen molar-refractivity contribution in [3.8, 4) is 0 Å². The van der Waals surface area contributed by atoms with Crippen LogP contribution < -0.4 is 5.32 Å². The van der Waals surface area contributed by atoms with E-state index in [1.54, 1.807) is 60.4 Å². The third kappa shape index (κ3) is 3.74. The number of aryl methyl sites for hydroxylation is 1. The highest BCUT2D eigenvalue weighted by Crippen LogP contribution is 2.23. The number of carbonyl (C=O) groups excluding carboxylic acids is 1. The number of hydrogen-bond acceptors (Lipinski definition) is 2. The Morgan fingerprint density at radius 2 is 1.80 bits per heavy atom. The van der Waals surface area contributed by atoms with Gasteiger partial charge >= 0.3 is 0 Å². The van der Waals surface area contributed by atoms with Crippen molar-refractivity contribution in [3.63, 3.8) is 0 Å². The second-order valence-corrected chi connectivity index (χ2v) is 5.69. The van der Waals surface area contributed by atoms with Crippen LogP contribution in [0.3, 0.4) is 0 Å². The van der Waals surface area contributed by atoms with Gasteiger partial charge in [-0.05, 0) is 17.7 Å². The lowest BCUT2D eigenvalue weighted by molar-refractivity contribution is -0.121. The van der Waals surface area contributed by atoms with Gasteiger partial charge in [-0.3, -0.25) is 4.79 Å². The fourth-order valence-electron chi connectivity index (χ4n) is 2.67. The number of halogens is 2. The van der Waals surface area contributed by atoms with Crippen molar-refractivity contribution < 1.29 is 13.6 Å². The maximum Gasteiger partial charge on any atom is 0.225 e. The van der Waals surface area contributed by atoms with E-state index >= 15 is 0 Å². The van der Waals surface area contributed by atoms with Crippen LogP contribution in [0, 0.1) is 11.6 Å². The predicted molar refractivity (Wildman–Crippen MR) is 89.7 cm³/mol. The number of carbonyl (C=O) groups is 1. The topological polar surface area (TPSA) is 46.9 Å². The van der Waals surface area contributed by atoms with Crippen LogP contribution in [0.4, 0.5) is 8.78 Å². The van der Waals surface area contributed by atoms with Crippen molar-refractivity contribution >= 4 is 5.91 Å². The molecular weight excluding hydrogens is 324 g/mol. The van der Waals surface area contributed by atoms with Crippen LogP contribution in [0.1, 0.15) is 23.0 Å². The van der Waals surface area contributed by atoms with Crippen molar-refractivity contribution in [2.45, 2.75) is 12.5 Å². The molecule has 0 aliphatic carbocycles. The average molecular weight is 341 g/mol. The molecule has 128 valence electrons. The first-order valence-corrected chi connectivity index (χ1v) is 7.80. The Morgan fingerprint density at radius 1 is 1.12 bits per heavy atom. The van der Waals surface area contributed by atoms with Crippen LogP contribution in [0.5, 0.6) is 0 Å². The number of rotatable bonds is 5. The Labute approximate surface area is 144 Å². The van der Waals surface area contributed by atoms with Gasteiger partial charge in [0.2, 0.25) is 5.91 Å². The summed E-state index contributed by atoms with van der Waals surface area (Å²) >= 11 is 0. The van der Waals surface area contributed by atoms with E-state index < -0.39 is 23.6 Å². The van der Waals surface area contributed by atoms with Crippen LogP contribution in [-0.4, -0.2) is 15.5 Å². The zero-order valence-corrected chi connectivity index (χ0v) is 13.6. The molecule has 4 nitrogen and oxygen atoms in total. The molecule has 1 atom stereocenters. The molecule has 0 saturated heterocycles. The van der Waals surface area contributed by atoms with Crippen molar-refractivity contribution in [2.24, 2.45) is 7.05 Å². The lowest BCUT2D eigenvalue weighted by Gasteiger charge is -2.20. The highest BCUT2D eigenvalue weighted by atomic mass is 19.1. The Morgan fingerprint density at radius 3 is 2.44 bits per heavy atom. The first-order chi connectivity index (χ1) is 12.1. The maximum atomic E-state index is 14.3. The summed E-state index contributed by atoms with van der Waals surface area (Å²) < 4.78 is 29.7. The fourth-order valence-corrected chi connectivity index (χ4v) is 2.67. The summed E-state index contributed by atoms with van der Waals surface area (Å²) in [6, 6.07) is 11.5. The normalized spacial score (nSPS) is 12.0. The number of aromatic nitrogens is 2. The first-order valence-electron chi connectivity index (χ1n) is 7.80. The van der Waals surface area contributed by atoms with E-state index in [1.807, 2.05) is 0 Å². The van der Waals surface area contributed by atoms with Gasteiger partial charge in [0.15, 0.2) is 0 Å². The Kier molecular flexibility index (Phi) is 4.88. The average Bonchev–Trinajstić information content (AvgIpc) is 3.01. The molecule has 3 rings (SSSR count). The molecule has 0 fully saturated rings. The van der Waals surface area contributed by atoms with Gasteiger partial charge < -0.3 is 9.88 Å². The van der Waals surface area contributed by atoms with Crippen LogP contribution in [-0.2, 0) is 18.3 Å². The summed E-state index contributed by atoms with van der Waals surface area (Å²) in [5.74, 6) is -0.813. The molecule has 0 radical (unpaired) electrons. The largest absolute Gasteiger partial charge is 0.342 e. The Balaban J connectivity index is 1.88. The van der Waals surface area contributed by atoms with Crippen LogP contribution in [0.15, 0.2) is 60.9 Å². The zero-order valence-electron chi connectivity index (χ0n) is 13.6. The van der Waals surface area contributed by atoms with E-state index in [1.165, 1.54) is 12.1 Å².